The van der Waals surface area contributed by atoms with Gasteiger partial charge in [0, 0.05) is 38.3 Å². The van der Waals surface area contributed by atoms with Crippen molar-refractivity contribution in [2.75, 3.05) is 13.2 Å². The second-order valence-corrected chi connectivity index (χ2v) is 7.15. The van der Waals surface area contributed by atoms with Gasteiger partial charge in [0.25, 0.3) is 5.91 Å². The molecule has 27 heavy (non-hydrogen) atoms. The van der Waals surface area contributed by atoms with Crippen LogP contribution in [0.3, 0.4) is 0 Å². The van der Waals surface area contributed by atoms with Crippen molar-refractivity contribution >= 4 is 11.8 Å². The molecular formula is C20H24N4O3. The molecule has 7 nitrogen and oxygen atoms in total. The number of aryl methyl sites for hydroxylation is 1. The van der Waals surface area contributed by atoms with E-state index in [1.807, 2.05) is 42.3 Å². The van der Waals surface area contributed by atoms with E-state index in [1.165, 1.54) is 0 Å². The molecule has 0 atom stereocenters. The third-order valence-electron chi connectivity index (χ3n) is 5.36. The average Bonchev–Trinajstić information content (AvgIpc) is 3.28. The summed E-state index contributed by atoms with van der Waals surface area (Å²) in [7, 11) is 1.83. The van der Waals surface area contributed by atoms with Crippen LogP contribution in [0.5, 0.6) is 0 Å². The van der Waals surface area contributed by atoms with Crippen LogP contribution >= 0.6 is 0 Å². The second-order valence-electron chi connectivity index (χ2n) is 7.15. The van der Waals surface area contributed by atoms with E-state index in [1.54, 1.807) is 4.68 Å². The van der Waals surface area contributed by atoms with Gasteiger partial charge in [0.15, 0.2) is 5.69 Å². The van der Waals surface area contributed by atoms with Crippen molar-refractivity contribution in [3.8, 4) is 0 Å². The van der Waals surface area contributed by atoms with Crippen LogP contribution in [0.15, 0.2) is 30.3 Å². The van der Waals surface area contributed by atoms with E-state index in [2.05, 4.69) is 10.4 Å². The number of aromatic nitrogens is 2. The lowest BCUT2D eigenvalue weighted by Crippen LogP contribution is -2.35. The Hall–Kier alpha value is -2.67. The molecule has 0 spiro atoms. The number of hydrogen-bond acceptors (Lipinski definition) is 4. The zero-order valence-electron chi connectivity index (χ0n) is 15.5. The molecule has 4 rings (SSSR count). The first kappa shape index (κ1) is 17.7. The molecule has 142 valence electrons. The molecule has 0 radical (unpaired) electrons. The Bertz CT molecular complexity index is 840. The number of ether oxygens (including phenoxy) is 1. The Labute approximate surface area is 158 Å². The summed E-state index contributed by atoms with van der Waals surface area (Å²) in [6.07, 6.45) is 1.54. The van der Waals surface area contributed by atoms with Crippen LogP contribution in [0.1, 0.15) is 40.2 Å². The fraction of sp³-hybridized carbons (Fsp3) is 0.450. The molecule has 1 aromatic heterocycles. The van der Waals surface area contributed by atoms with Gasteiger partial charge in [-0.1, -0.05) is 30.3 Å². The minimum Gasteiger partial charge on any atom is -0.381 e. The SMILES string of the molecule is Cn1nc(C(=O)NCc2ccccc2)c2c1CN(C(=O)C1CCOCC1)C2. The number of amides is 2. The minimum absolute atomic E-state index is 0.0244. The van der Waals surface area contributed by atoms with Gasteiger partial charge in [0.2, 0.25) is 5.91 Å². The number of rotatable bonds is 4. The lowest BCUT2D eigenvalue weighted by molar-refractivity contribution is -0.139. The van der Waals surface area contributed by atoms with Crippen LogP contribution in [0.25, 0.3) is 0 Å². The van der Waals surface area contributed by atoms with Crippen molar-refractivity contribution in [2.45, 2.75) is 32.5 Å². The van der Waals surface area contributed by atoms with Gasteiger partial charge in [-0.25, -0.2) is 0 Å². The largest absolute Gasteiger partial charge is 0.381 e. The number of hydrogen-bond donors (Lipinski definition) is 1. The number of nitrogens with zero attached hydrogens (tertiary/aromatic N) is 3. The number of nitrogens with one attached hydrogen (secondary N) is 1. The molecule has 0 saturated carbocycles. The molecule has 0 unspecified atom stereocenters. The molecule has 1 saturated heterocycles. The van der Waals surface area contributed by atoms with E-state index < -0.39 is 0 Å². The molecule has 0 aliphatic carbocycles. The zero-order chi connectivity index (χ0) is 18.8. The topological polar surface area (TPSA) is 76.5 Å². The van der Waals surface area contributed by atoms with Crippen molar-refractivity contribution in [3.63, 3.8) is 0 Å². The summed E-state index contributed by atoms with van der Waals surface area (Å²) in [5.74, 6) is -0.0161. The summed E-state index contributed by atoms with van der Waals surface area (Å²) in [6, 6.07) is 9.77. The highest BCUT2D eigenvalue weighted by molar-refractivity contribution is 5.94. The fourth-order valence-corrected chi connectivity index (χ4v) is 3.80. The Kier molecular flexibility index (Phi) is 4.94. The monoisotopic (exact) mass is 368 g/mol. The highest BCUT2D eigenvalue weighted by Crippen LogP contribution is 2.29. The molecule has 1 N–H and O–H groups in total. The van der Waals surface area contributed by atoms with Crippen LogP contribution in [0, 0.1) is 5.92 Å². The number of benzene rings is 1. The molecule has 3 heterocycles. The summed E-state index contributed by atoms with van der Waals surface area (Å²) in [4.78, 5) is 27.3. The van der Waals surface area contributed by atoms with Gasteiger partial charge in [-0.3, -0.25) is 14.3 Å². The van der Waals surface area contributed by atoms with Crippen molar-refractivity contribution in [1.29, 1.82) is 0 Å². The predicted octanol–water partition coefficient (Wildman–Crippen LogP) is 1.62. The molecule has 0 bridgehead atoms. The van der Waals surface area contributed by atoms with Gasteiger partial charge >= 0.3 is 0 Å². The van der Waals surface area contributed by atoms with Gasteiger partial charge in [0.1, 0.15) is 0 Å². The van der Waals surface area contributed by atoms with Crippen molar-refractivity contribution in [3.05, 3.63) is 52.8 Å². The van der Waals surface area contributed by atoms with Crippen molar-refractivity contribution < 1.29 is 14.3 Å². The minimum atomic E-state index is -0.198. The maximum Gasteiger partial charge on any atom is 0.272 e. The van der Waals surface area contributed by atoms with Gasteiger partial charge < -0.3 is 15.0 Å². The van der Waals surface area contributed by atoms with Crippen molar-refractivity contribution in [2.24, 2.45) is 13.0 Å². The van der Waals surface area contributed by atoms with Crippen molar-refractivity contribution in [1.82, 2.24) is 20.0 Å². The molecule has 2 amide bonds. The first-order chi connectivity index (χ1) is 13.1. The molecule has 2 aliphatic heterocycles. The smallest absolute Gasteiger partial charge is 0.272 e. The van der Waals surface area contributed by atoms with Crippen LogP contribution in [-0.4, -0.2) is 39.7 Å². The third kappa shape index (κ3) is 3.60. The van der Waals surface area contributed by atoms with E-state index in [0.717, 1.165) is 29.7 Å². The second kappa shape index (κ2) is 7.52. The first-order valence-corrected chi connectivity index (χ1v) is 9.37. The maximum atomic E-state index is 12.8. The average molecular weight is 368 g/mol. The molecule has 2 aliphatic rings. The van der Waals surface area contributed by atoms with Crippen LogP contribution in [0.2, 0.25) is 0 Å². The van der Waals surface area contributed by atoms with E-state index in [0.29, 0.717) is 38.5 Å². The van der Waals surface area contributed by atoms with E-state index in [9.17, 15) is 9.59 Å². The van der Waals surface area contributed by atoms with Crippen LogP contribution in [-0.2, 0) is 36.2 Å². The van der Waals surface area contributed by atoms with Gasteiger partial charge in [-0.15, -0.1) is 0 Å². The molecular weight excluding hydrogens is 344 g/mol. The third-order valence-corrected chi connectivity index (χ3v) is 5.36. The predicted molar refractivity (Wildman–Crippen MR) is 98.6 cm³/mol. The summed E-state index contributed by atoms with van der Waals surface area (Å²) < 4.78 is 7.08. The Morgan fingerprint density at radius 2 is 1.93 bits per heavy atom. The van der Waals surface area contributed by atoms with Gasteiger partial charge in [-0.05, 0) is 18.4 Å². The number of carbonyl (C=O) groups is 2. The fourth-order valence-electron chi connectivity index (χ4n) is 3.80. The highest BCUT2D eigenvalue weighted by Gasteiger charge is 2.35. The standard InChI is InChI=1S/C20H24N4O3/c1-23-17-13-24(20(26)15-7-9-27-10-8-15)12-16(17)18(22-23)19(25)21-11-14-5-3-2-4-6-14/h2-6,15H,7-13H2,1H3,(H,21,25). The number of carbonyl (C=O) groups excluding carboxylic acids is 2. The summed E-state index contributed by atoms with van der Waals surface area (Å²) >= 11 is 0. The Morgan fingerprint density at radius 1 is 1.19 bits per heavy atom. The zero-order valence-corrected chi connectivity index (χ0v) is 15.5. The first-order valence-electron chi connectivity index (χ1n) is 9.37. The van der Waals surface area contributed by atoms with E-state index in [-0.39, 0.29) is 17.7 Å². The maximum absolute atomic E-state index is 12.8. The lowest BCUT2D eigenvalue weighted by atomic mass is 9.99. The number of fused-ring (bicyclic) bond motifs is 1. The van der Waals surface area contributed by atoms with E-state index >= 15 is 0 Å². The van der Waals surface area contributed by atoms with Crippen LogP contribution in [0.4, 0.5) is 0 Å². The van der Waals surface area contributed by atoms with Gasteiger partial charge in [-0.2, -0.15) is 5.10 Å². The van der Waals surface area contributed by atoms with E-state index in [4.69, 9.17) is 4.74 Å². The summed E-state index contributed by atoms with van der Waals surface area (Å²) in [6.45, 7) is 2.71. The molecule has 7 heteroatoms. The highest BCUT2D eigenvalue weighted by atomic mass is 16.5. The lowest BCUT2D eigenvalue weighted by Gasteiger charge is -2.26. The normalized spacial score (nSPS) is 17.0. The summed E-state index contributed by atoms with van der Waals surface area (Å²) in [5, 5.41) is 7.33. The summed E-state index contributed by atoms with van der Waals surface area (Å²) in [5.41, 5.74) is 3.27. The van der Waals surface area contributed by atoms with Gasteiger partial charge in [0.05, 0.1) is 18.8 Å². The molecule has 1 fully saturated rings. The molecule has 2 aromatic rings. The van der Waals surface area contributed by atoms with Crippen LogP contribution < -0.4 is 5.32 Å². The molecule has 1 aromatic carbocycles. The quantitative estimate of drug-likeness (QED) is 0.890. The Balaban J connectivity index is 1.45. The Morgan fingerprint density at radius 3 is 2.67 bits per heavy atom.